The van der Waals surface area contributed by atoms with Gasteiger partial charge in [-0.05, 0) is 28.0 Å². The Morgan fingerprint density at radius 2 is 1.23 bits per heavy atom. The van der Waals surface area contributed by atoms with Crippen molar-refractivity contribution in [1.82, 2.24) is 0 Å². The molecule has 150 valence electrons. The van der Waals surface area contributed by atoms with E-state index >= 15 is 0 Å². The third-order valence-electron chi connectivity index (χ3n) is 5.55. The molecule has 31 heavy (non-hydrogen) atoms. The number of rotatable bonds is 5. The van der Waals surface area contributed by atoms with E-state index < -0.39 is 6.10 Å². The van der Waals surface area contributed by atoms with Crippen molar-refractivity contribution in [2.75, 3.05) is 0 Å². The highest BCUT2D eigenvalue weighted by Crippen LogP contribution is 2.45. The second-order valence-electron chi connectivity index (χ2n) is 7.47. The molecule has 0 aromatic heterocycles. The fourth-order valence-electron chi connectivity index (χ4n) is 4.08. The average Bonchev–Trinajstić information content (AvgIpc) is 2.85. The highest BCUT2D eigenvalue weighted by atomic mass is 16.5. The second-order valence-corrected chi connectivity index (χ2v) is 7.47. The number of hydrogen-bond acceptors (Lipinski definition) is 3. The first-order chi connectivity index (χ1) is 15.3. The molecule has 0 bridgehead atoms. The van der Waals surface area contributed by atoms with Gasteiger partial charge in [-0.25, -0.2) is 0 Å². The van der Waals surface area contributed by atoms with E-state index in [1.165, 1.54) is 0 Å². The normalized spacial score (nSPS) is 12.0. The molecule has 3 nitrogen and oxygen atoms in total. The van der Waals surface area contributed by atoms with Gasteiger partial charge in [0.05, 0.1) is 0 Å². The van der Waals surface area contributed by atoms with Crippen molar-refractivity contribution in [1.29, 1.82) is 0 Å². The lowest BCUT2D eigenvalue weighted by molar-refractivity contribution is 0.112. The highest BCUT2D eigenvalue weighted by molar-refractivity contribution is 6.13. The van der Waals surface area contributed by atoms with E-state index in [0.717, 1.165) is 39.0 Å². The summed E-state index contributed by atoms with van der Waals surface area (Å²) in [5.41, 5.74) is 2.35. The van der Waals surface area contributed by atoms with Gasteiger partial charge in [-0.1, -0.05) is 97.1 Å². The summed E-state index contributed by atoms with van der Waals surface area (Å²) in [5, 5.41) is 14.8. The standard InChI is InChI=1S/C28H20O3/c29-18-19-9-8-12-21(17-19)27(20-10-2-1-3-11-20)31-28-25-16-7-5-14-23(25)22-13-4-6-15-24(22)26(28)30/h1-18,27,30H. The summed E-state index contributed by atoms with van der Waals surface area (Å²) in [4.78, 5) is 11.4. The maximum absolute atomic E-state index is 11.4. The molecular weight excluding hydrogens is 384 g/mol. The topological polar surface area (TPSA) is 46.5 Å². The first-order valence-corrected chi connectivity index (χ1v) is 10.2. The molecule has 0 spiro atoms. The third-order valence-corrected chi connectivity index (χ3v) is 5.55. The quantitative estimate of drug-likeness (QED) is 0.262. The van der Waals surface area contributed by atoms with Crippen LogP contribution in [0.25, 0.3) is 21.5 Å². The van der Waals surface area contributed by atoms with Crippen molar-refractivity contribution in [3.05, 3.63) is 120 Å². The summed E-state index contributed by atoms with van der Waals surface area (Å²) in [6.07, 6.45) is 0.339. The van der Waals surface area contributed by atoms with Crippen molar-refractivity contribution in [2.45, 2.75) is 6.10 Å². The SMILES string of the molecule is O=Cc1cccc(C(Oc2c(O)c3ccccc3c3ccccc23)c2ccccc2)c1. The summed E-state index contributed by atoms with van der Waals surface area (Å²) >= 11 is 0. The van der Waals surface area contributed by atoms with Gasteiger partial charge in [-0.3, -0.25) is 4.79 Å². The van der Waals surface area contributed by atoms with Gasteiger partial charge in [0.25, 0.3) is 0 Å². The van der Waals surface area contributed by atoms with E-state index in [1.54, 1.807) is 6.07 Å². The predicted octanol–water partition coefficient (Wildman–Crippen LogP) is 6.68. The number of carbonyl (C=O) groups excluding carboxylic acids is 1. The lowest BCUT2D eigenvalue weighted by Crippen LogP contribution is -2.10. The number of aromatic hydroxyl groups is 1. The molecule has 0 aliphatic carbocycles. The molecule has 0 fully saturated rings. The minimum absolute atomic E-state index is 0.113. The summed E-state index contributed by atoms with van der Waals surface area (Å²) in [6.45, 7) is 0. The molecule has 0 heterocycles. The highest BCUT2D eigenvalue weighted by Gasteiger charge is 2.22. The molecule has 0 aliphatic heterocycles. The fourth-order valence-corrected chi connectivity index (χ4v) is 4.08. The monoisotopic (exact) mass is 404 g/mol. The molecule has 1 N–H and O–H groups in total. The van der Waals surface area contributed by atoms with Crippen molar-refractivity contribution in [3.63, 3.8) is 0 Å². The van der Waals surface area contributed by atoms with Crippen LogP contribution in [0.1, 0.15) is 27.6 Å². The Bertz CT molecular complexity index is 1390. The minimum Gasteiger partial charge on any atom is -0.504 e. The van der Waals surface area contributed by atoms with Gasteiger partial charge in [-0.15, -0.1) is 0 Å². The number of benzene rings is 5. The van der Waals surface area contributed by atoms with Crippen LogP contribution < -0.4 is 4.74 Å². The summed E-state index contributed by atoms with van der Waals surface area (Å²) in [7, 11) is 0. The van der Waals surface area contributed by atoms with E-state index in [2.05, 4.69) is 0 Å². The number of hydrogen-bond donors (Lipinski definition) is 1. The molecule has 5 rings (SSSR count). The van der Waals surface area contributed by atoms with Crippen molar-refractivity contribution < 1.29 is 14.6 Å². The van der Waals surface area contributed by atoms with Gasteiger partial charge in [0.2, 0.25) is 0 Å². The number of fused-ring (bicyclic) bond motifs is 3. The maximum atomic E-state index is 11.4. The lowest BCUT2D eigenvalue weighted by atomic mass is 9.98. The number of carbonyl (C=O) groups is 1. The molecule has 5 aromatic carbocycles. The lowest BCUT2D eigenvalue weighted by Gasteiger charge is -2.23. The van der Waals surface area contributed by atoms with Gasteiger partial charge >= 0.3 is 0 Å². The van der Waals surface area contributed by atoms with Crippen LogP contribution in [-0.4, -0.2) is 11.4 Å². The fraction of sp³-hybridized carbons (Fsp3) is 0.0357. The van der Waals surface area contributed by atoms with Crippen LogP contribution in [0.3, 0.4) is 0 Å². The van der Waals surface area contributed by atoms with E-state index in [1.807, 2.05) is 97.1 Å². The molecule has 0 radical (unpaired) electrons. The smallest absolute Gasteiger partial charge is 0.170 e. The van der Waals surface area contributed by atoms with Crippen molar-refractivity contribution in [3.8, 4) is 11.5 Å². The van der Waals surface area contributed by atoms with E-state index in [4.69, 9.17) is 4.74 Å². The van der Waals surface area contributed by atoms with Crippen LogP contribution in [0, 0.1) is 0 Å². The maximum Gasteiger partial charge on any atom is 0.170 e. The molecule has 1 atom stereocenters. The number of aldehydes is 1. The van der Waals surface area contributed by atoms with Crippen LogP contribution in [-0.2, 0) is 0 Å². The van der Waals surface area contributed by atoms with Gasteiger partial charge in [-0.2, -0.15) is 0 Å². The molecular formula is C28H20O3. The summed E-state index contributed by atoms with van der Waals surface area (Å²) in [5.74, 6) is 0.543. The van der Waals surface area contributed by atoms with Gasteiger partial charge in [0.1, 0.15) is 12.4 Å². The molecule has 0 saturated heterocycles. The third kappa shape index (κ3) is 3.40. The van der Waals surface area contributed by atoms with Gasteiger partial charge in [0.15, 0.2) is 11.5 Å². The largest absolute Gasteiger partial charge is 0.504 e. The first-order valence-electron chi connectivity index (χ1n) is 10.2. The summed E-state index contributed by atoms with van der Waals surface area (Å²) < 4.78 is 6.57. The zero-order valence-corrected chi connectivity index (χ0v) is 16.7. The molecule has 3 heteroatoms. The molecule has 5 aromatic rings. The van der Waals surface area contributed by atoms with Crippen LogP contribution in [0.4, 0.5) is 0 Å². The second kappa shape index (κ2) is 7.96. The summed E-state index contributed by atoms with van der Waals surface area (Å²) in [6, 6.07) is 32.9. The van der Waals surface area contributed by atoms with Crippen molar-refractivity contribution >= 4 is 27.8 Å². The van der Waals surface area contributed by atoms with Gasteiger partial charge in [0, 0.05) is 16.3 Å². The molecule has 1 unspecified atom stereocenters. The number of phenols is 1. The Morgan fingerprint density at radius 1 is 0.645 bits per heavy atom. The Balaban J connectivity index is 1.74. The van der Waals surface area contributed by atoms with E-state index in [0.29, 0.717) is 11.3 Å². The average molecular weight is 404 g/mol. The number of ether oxygens (including phenoxy) is 1. The van der Waals surface area contributed by atoms with E-state index in [-0.39, 0.29) is 5.75 Å². The van der Waals surface area contributed by atoms with Crippen LogP contribution in [0.5, 0.6) is 11.5 Å². The molecule has 0 amide bonds. The van der Waals surface area contributed by atoms with Crippen LogP contribution >= 0.6 is 0 Å². The first kappa shape index (κ1) is 18.9. The predicted molar refractivity (Wildman–Crippen MR) is 124 cm³/mol. The Morgan fingerprint density at radius 3 is 1.94 bits per heavy atom. The Kier molecular flexibility index (Phi) is 4.85. The number of phenolic OH excluding ortho intramolecular Hbond substituents is 1. The molecule has 0 saturated carbocycles. The van der Waals surface area contributed by atoms with Crippen LogP contribution in [0.2, 0.25) is 0 Å². The zero-order valence-electron chi connectivity index (χ0n) is 16.7. The minimum atomic E-state index is -0.489. The Labute approximate surface area is 180 Å². The van der Waals surface area contributed by atoms with Crippen LogP contribution in [0.15, 0.2) is 103 Å². The molecule has 0 aliphatic rings. The van der Waals surface area contributed by atoms with Gasteiger partial charge < -0.3 is 9.84 Å². The zero-order chi connectivity index (χ0) is 21.2. The van der Waals surface area contributed by atoms with E-state index in [9.17, 15) is 9.90 Å². The van der Waals surface area contributed by atoms with Crippen molar-refractivity contribution in [2.24, 2.45) is 0 Å². The Hall–Kier alpha value is -4.11.